The highest BCUT2D eigenvalue weighted by Crippen LogP contribution is 2.33. The molecule has 14 heavy (non-hydrogen) atoms. The maximum absolute atomic E-state index is 6.13. The van der Waals surface area contributed by atoms with Crippen LogP contribution in [-0.2, 0) is 0 Å². The second-order valence-corrected chi connectivity index (χ2v) is 4.65. The maximum atomic E-state index is 6.13. The van der Waals surface area contributed by atoms with Crippen LogP contribution >= 0.6 is 35.6 Å². The van der Waals surface area contributed by atoms with Crippen molar-refractivity contribution >= 4 is 35.6 Å². The third-order valence-corrected chi connectivity index (χ3v) is 3.73. The van der Waals surface area contributed by atoms with E-state index in [0.29, 0.717) is 5.02 Å². The Balaban J connectivity index is 2.57. The van der Waals surface area contributed by atoms with Crippen molar-refractivity contribution in [1.29, 1.82) is 0 Å². The molecule has 1 aromatic heterocycles. The summed E-state index contributed by atoms with van der Waals surface area (Å²) in [5.74, 6) is 0. The van der Waals surface area contributed by atoms with Gasteiger partial charge in [-0.25, -0.2) is 4.98 Å². The zero-order chi connectivity index (χ0) is 10.1. The Hall–Kier alpha value is -0.510. The lowest BCUT2D eigenvalue weighted by Crippen LogP contribution is -1.80. The molecule has 1 aromatic carbocycles. The third-order valence-electron chi connectivity index (χ3n) is 1.83. The molecular formula is C10H8ClNS2. The zero-order valence-corrected chi connectivity index (χ0v) is 9.96. The Kier molecular flexibility index (Phi) is 2.81. The van der Waals surface area contributed by atoms with Crippen LogP contribution in [0.5, 0.6) is 0 Å². The van der Waals surface area contributed by atoms with E-state index in [1.54, 1.807) is 11.3 Å². The fourth-order valence-electron chi connectivity index (χ4n) is 1.16. The molecule has 0 amide bonds. The van der Waals surface area contributed by atoms with Gasteiger partial charge in [0.15, 0.2) is 0 Å². The van der Waals surface area contributed by atoms with Crippen LogP contribution in [0.2, 0.25) is 5.02 Å². The number of rotatable bonds is 1. The van der Waals surface area contributed by atoms with Gasteiger partial charge in [-0.1, -0.05) is 23.7 Å². The zero-order valence-electron chi connectivity index (χ0n) is 7.49. The molecule has 0 atom stereocenters. The van der Waals surface area contributed by atoms with E-state index in [1.165, 1.54) is 0 Å². The highest BCUT2D eigenvalue weighted by Gasteiger charge is 2.08. The van der Waals surface area contributed by atoms with Crippen molar-refractivity contribution in [2.45, 2.75) is 11.8 Å². The highest BCUT2D eigenvalue weighted by molar-refractivity contribution is 7.80. The van der Waals surface area contributed by atoms with Crippen LogP contribution in [-0.4, -0.2) is 4.98 Å². The van der Waals surface area contributed by atoms with Crippen molar-refractivity contribution in [2.75, 3.05) is 0 Å². The molecule has 1 nitrogen and oxygen atoms in total. The second-order valence-electron chi connectivity index (χ2n) is 2.93. The predicted molar refractivity (Wildman–Crippen MR) is 64.5 cm³/mol. The summed E-state index contributed by atoms with van der Waals surface area (Å²) in [6.45, 7) is 1.97. The monoisotopic (exact) mass is 241 g/mol. The van der Waals surface area contributed by atoms with Gasteiger partial charge < -0.3 is 0 Å². The van der Waals surface area contributed by atoms with Crippen LogP contribution < -0.4 is 0 Å². The first-order chi connectivity index (χ1) is 6.68. The number of thiol groups is 1. The molecule has 4 heteroatoms. The summed E-state index contributed by atoms with van der Waals surface area (Å²) >= 11 is 12.0. The number of benzene rings is 1. The SMILES string of the molecule is Cc1csc(-c2cccc(S)c2Cl)n1. The van der Waals surface area contributed by atoms with Gasteiger partial charge in [0, 0.05) is 21.5 Å². The molecule has 0 N–H and O–H groups in total. The lowest BCUT2D eigenvalue weighted by Gasteiger charge is -2.01. The molecule has 0 saturated heterocycles. The molecule has 72 valence electrons. The fourth-order valence-corrected chi connectivity index (χ4v) is 2.47. The van der Waals surface area contributed by atoms with Crippen molar-refractivity contribution in [3.63, 3.8) is 0 Å². The van der Waals surface area contributed by atoms with Gasteiger partial charge >= 0.3 is 0 Å². The number of aromatic nitrogens is 1. The summed E-state index contributed by atoms with van der Waals surface area (Å²) in [4.78, 5) is 5.17. The first kappa shape index (κ1) is 10.0. The second kappa shape index (κ2) is 3.93. The van der Waals surface area contributed by atoms with Gasteiger partial charge in [-0.2, -0.15) is 0 Å². The summed E-state index contributed by atoms with van der Waals surface area (Å²) in [6.07, 6.45) is 0. The van der Waals surface area contributed by atoms with E-state index in [1.807, 2.05) is 30.5 Å². The summed E-state index contributed by atoms with van der Waals surface area (Å²) in [5, 5.41) is 3.63. The largest absolute Gasteiger partial charge is 0.241 e. The Morgan fingerprint density at radius 2 is 2.21 bits per heavy atom. The highest BCUT2D eigenvalue weighted by atomic mass is 35.5. The van der Waals surface area contributed by atoms with E-state index in [2.05, 4.69) is 17.6 Å². The first-order valence-electron chi connectivity index (χ1n) is 4.08. The molecule has 0 radical (unpaired) electrons. The predicted octanol–water partition coefficient (Wildman–Crippen LogP) is 4.06. The van der Waals surface area contributed by atoms with Gasteiger partial charge in [-0.3, -0.25) is 0 Å². The van der Waals surface area contributed by atoms with E-state index in [0.717, 1.165) is 21.2 Å². The molecule has 0 aliphatic heterocycles. The van der Waals surface area contributed by atoms with Crippen LogP contribution in [0.4, 0.5) is 0 Å². The van der Waals surface area contributed by atoms with E-state index in [-0.39, 0.29) is 0 Å². The summed E-state index contributed by atoms with van der Waals surface area (Å²) in [7, 11) is 0. The minimum atomic E-state index is 0.671. The van der Waals surface area contributed by atoms with Crippen LogP contribution in [0.15, 0.2) is 28.5 Å². The van der Waals surface area contributed by atoms with Gasteiger partial charge in [0.2, 0.25) is 0 Å². The van der Waals surface area contributed by atoms with Crippen molar-refractivity contribution in [1.82, 2.24) is 4.98 Å². The lowest BCUT2D eigenvalue weighted by molar-refractivity contribution is 1.26. The van der Waals surface area contributed by atoms with Gasteiger partial charge in [-0.15, -0.1) is 24.0 Å². The van der Waals surface area contributed by atoms with Crippen molar-refractivity contribution in [3.05, 3.63) is 34.3 Å². The van der Waals surface area contributed by atoms with Crippen LogP contribution in [0.3, 0.4) is 0 Å². The molecule has 2 aromatic rings. The molecule has 0 spiro atoms. The Labute approximate surface area is 97.2 Å². The van der Waals surface area contributed by atoms with E-state index in [4.69, 9.17) is 11.6 Å². The third kappa shape index (κ3) is 1.80. The van der Waals surface area contributed by atoms with E-state index >= 15 is 0 Å². The number of hydrogen-bond donors (Lipinski definition) is 1. The van der Waals surface area contributed by atoms with Crippen molar-refractivity contribution in [2.24, 2.45) is 0 Å². The first-order valence-corrected chi connectivity index (χ1v) is 5.79. The molecule has 0 bridgehead atoms. The van der Waals surface area contributed by atoms with Crippen LogP contribution in [0.1, 0.15) is 5.69 Å². The smallest absolute Gasteiger partial charge is 0.125 e. The van der Waals surface area contributed by atoms with Gasteiger partial charge in [-0.05, 0) is 13.0 Å². The average molecular weight is 242 g/mol. The van der Waals surface area contributed by atoms with Crippen LogP contribution in [0, 0.1) is 6.92 Å². The molecule has 0 aliphatic rings. The number of thiazole rings is 1. The van der Waals surface area contributed by atoms with E-state index in [9.17, 15) is 0 Å². The maximum Gasteiger partial charge on any atom is 0.125 e. The van der Waals surface area contributed by atoms with Crippen LogP contribution in [0.25, 0.3) is 10.6 Å². The molecule has 0 fully saturated rings. The molecule has 1 heterocycles. The number of nitrogens with zero attached hydrogens (tertiary/aromatic N) is 1. The van der Waals surface area contributed by atoms with Gasteiger partial charge in [0.25, 0.3) is 0 Å². The summed E-state index contributed by atoms with van der Waals surface area (Å²) < 4.78 is 0. The van der Waals surface area contributed by atoms with Gasteiger partial charge in [0.1, 0.15) is 5.01 Å². The van der Waals surface area contributed by atoms with Crippen molar-refractivity contribution in [3.8, 4) is 10.6 Å². The van der Waals surface area contributed by atoms with Gasteiger partial charge in [0.05, 0.1) is 5.02 Å². The topological polar surface area (TPSA) is 12.9 Å². The average Bonchev–Trinajstić information content (AvgIpc) is 2.57. The molecule has 0 aliphatic carbocycles. The Bertz CT molecular complexity index is 465. The fraction of sp³-hybridized carbons (Fsp3) is 0.100. The number of hydrogen-bond acceptors (Lipinski definition) is 3. The van der Waals surface area contributed by atoms with E-state index < -0.39 is 0 Å². The number of aryl methyl sites for hydroxylation is 1. The minimum absolute atomic E-state index is 0.671. The molecule has 0 saturated carbocycles. The Morgan fingerprint density at radius 3 is 2.86 bits per heavy atom. The molecule has 2 rings (SSSR count). The molecular weight excluding hydrogens is 234 g/mol. The summed E-state index contributed by atoms with van der Waals surface area (Å²) in [5.41, 5.74) is 1.97. The normalized spacial score (nSPS) is 10.5. The Morgan fingerprint density at radius 1 is 1.43 bits per heavy atom. The minimum Gasteiger partial charge on any atom is -0.241 e. The lowest BCUT2D eigenvalue weighted by atomic mass is 10.2. The quantitative estimate of drug-likeness (QED) is 0.743. The number of halogens is 1. The van der Waals surface area contributed by atoms with Crippen molar-refractivity contribution < 1.29 is 0 Å². The summed E-state index contributed by atoms with van der Waals surface area (Å²) in [6, 6.07) is 5.76. The standard InChI is InChI=1S/C10H8ClNS2/c1-6-5-14-10(12-6)7-3-2-4-8(13)9(7)11/h2-5,13H,1H3. The molecule has 0 unspecified atom stereocenters.